The van der Waals surface area contributed by atoms with Gasteiger partial charge in [0, 0.05) is 38.1 Å². The molecule has 7 nitrogen and oxygen atoms in total. The topological polar surface area (TPSA) is 71.6 Å². The van der Waals surface area contributed by atoms with E-state index < -0.39 is 0 Å². The van der Waals surface area contributed by atoms with Crippen LogP contribution in [0.15, 0.2) is 70.1 Å². The number of hydrogen-bond donors (Lipinski definition) is 0. The number of fused-ring (bicyclic) bond motifs is 3. The second kappa shape index (κ2) is 7.76. The second-order valence-electron chi connectivity index (χ2n) is 7.60. The number of furan rings is 1. The van der Waals surface area contributed by atoms with E-state index in [1.807, 2.05) is 41.3 Å². The molecule has 0 spiro atoms. The van der Waals surface area contributed by atoms with Gasteiger partial charge in [0.2, 0.25) is 11.5 Å². The maximum atomic E-state index is 12.8. The Morgan fingerprint density at radius 3 is 2.50 bits per heavy atom. The number of aromatic nitrogens is 2. The summed E-state index contributed by atoms with van der Waals surface area (Å²) in [4.78, 5) is 34.1. The number of nitrogens with zero attached hydrogens (tertiary/aromatic N) is 4. The van der Waals surface area contributed by atoms with E-state index in [0.29, 0.717) is 24.2 Å². The van der Waals surface area contributed by atoms with Crippen LogP contribution < -0.4 is 5.56 Å². The van der Waals surface area contributed by atoms with Gasteiger partial charge in [-0.1, -0.05) is 42.5 Å². The molecule has 7 heteroatoms. The molecular formula is C23H22N4O3. The Bertz CT molecular complexity index is 1250. The number of para-hydroxylation sites is 1. The minimum Gasteiger partial charge on any atom is -0.448 e. The summed E-state index contributed by atoms with van der Waals surface area (Å²) in [5, 5.41) is 0.803. The van der Waals surface area contributed by atoms with Gasteiger partial charge in [-0.15, -0.1) is 0 Å². The van der Waals surface area contributed by atoms with Crippen LogP contribution in [0.25, 0.3) is 22.1 Å². The molecule has 30 heavy (non-hydrogen) atoms. The summed E-state index contributed by atoms with van der Waals surface area (Å²) >= 11 is 0. The van der Waals surface area contributed by atoms with Crippen LogP contribution in [0, 0.1) is 0 Å². The van der Waals surface area contributed by atoms with E-state index in [1.54, 1.807) is 6.07 Å². The van der Waals surface area contributed by atoms with E-state index in [0.717, 1.165) is 25.0 Å². The standard InChI is InChI=1S/C23H22N4O3/c28-20(26-12-10-25(11-13-26)14-17-6-2-1-3-7-17)15-27-16-24-21-18-8-4-5-9-19(18)30-22(21)23(27)29/h1-9,16H,10-15H2. The second-order valence-corrected chi connectivity index (χ2v) is 7.60. The Balaban J connectivity index is 1.27. The van der Waals surface area contributed by atoms with Crippen LogP contribution in [0.2, 0.25) is 0 Å². The number of carbonyl (C=O) groups is 1. The molecule has 0 unspecified atom stereocenters. The molecule has 0 N–H and O–H groups in total. The zero-order valence-electron chi connectivity index (χ0n) is 16.5. The van der Waals surface area contributed by atoms with Crippen molar-refractivity contribution in [3.05, 3.63) is 76.8 Å². The summed E-state index contributed by atoms with van der Waals surface area (Å²) in [5.41, 5.74) is 2.30. The van der Waals surface area contributed by atoms with Gasteiger partial charge in [-0.2, -0.15) is 0 Å². The average Bonchev–Trinajstić information content (AvgIpc) is 3.16. The summed E-state index contributed by atoms with van der Waals surface area (Å²) in [6.45, 7) is 3.79. The maximum Gasteiger partial charge on any atom is 0.297 e. The first kappa shape index (κ1) is 18.6. The fourth-order valence-electron chi connectivity index (χ4n) is 3.97. The van der Waals surface area contributed by atoms with Crippen molar-refractivity contribution in [3.63, 3.8) is 0 Å². The Hall–Kier alpha value is -3.45. The minimum atomic E-state index is -0.327. The number of benzene rings is 2. The van der Waals surface area contributed by atoms with Crippen molar-refractivity contribution in [1.82, 2.24) is 19.4 Å². The van der Waals surface area contributed by atoms with Crippen LogP contribution in [-0.2, 0) is 17.9 Å². The van der Waals surface area contributed by atoms with Gasteiger partial charge in [0.25, 0.3) is 5.56 Å². The van der Waals surface area contributed by atoms with Crippen LogP contribution >= 0.6 is 0 Å². The van der Waals surface area contributed by atoms with Crippen molar-refractivity contribution in [2.24, 2.45) is 0 Å². The van der Waals surface area contributed by atoms with Gasteiger partial charge >= 0.3 is 0 Å². The number of amides is 1. The summed E-state index contributed by atoms with van der Waals surface area (Å²) < 4.78 is 7.03. The quantitative estimate of drug-likeness (QED) is 0.525. The highest BCUT2D eigenvalue weighted by Crippen LogP contribution is 2.24. The van der Waals surface area contributed by atoms with Crippen LogP contribution in [-0.4, -0.2) is 51.4 Å². The molecule has 1 saturated heterocycles. The van der Waals surface area contributed by atoms with Crippen LogP contribution in [0.3, 0.4) is 0 Å². The molecule has 1 aliphatic heterocycles. The molecule has 0 aliphatic carbocycles. The van der Waals surface area contributed by atoms with Gasteiger partial charge in [0.1, 0.15) is 17.6 Å². The molecule has 3 heterocycles. The molecule has 0 bridgehead atoms. The van der Waals surface area contributed by atoms with Crippen molar-refractivity contribution in [3.8, 4) is 0 Å². The monoisotopic (exact) mass is 402 g/mol. The molecule has 2 aromatic carbocycles. The third-order valence-corrected chi connectivity index (χ3v) is 5.63. The van der Waals surface area contributed by atoms with E-state index in [9.17, 15) is 9.59 Å². The maximum absolute atomic E-state index is 12.8. The number of rotatable bonds is 4. The molecule has 0 radical (unpaired) electrons. The van der Waals surface area contributed by atoms with Gasteiger partial charge in [0.05, 0.1) is 6.33 Å². The fraction of sp³-hybridized carbons (Fsp3) is 0.261. The molecule has 0 saturated carbocycles. The third kappa shape index (κ3) is 3.48. The van der Waals surface area contributed by atoms with Crippen LogP contribution in [0.4, 0.5) is 0 Å². The van der Waals surface area contributed by atoms with E-state index in [4.69, 9.17) is 4.42 Å². The van der Waals surface area contributed by atoms with Crippen molar-refractivity contribution in [2.75, 3.05) is 26.2 Å². The van der Waals surface area contributed by atoms with Gasteiger partial charge in [-0.05, 0) is 17.7 Å². The van der Waals surface area contributed by atoms with Crippen molar-refractivity contribution in [2.45, 2.75) is 13.1 Å². The van der Waals surface area contributed by atoms with Crippen molar-refractivity contribution in [1.29, 1.82) is 0 Å². The largest absolute Gasteiger partial charge is 0.448 e. The summed E-state index contributed by atoms with van der Waals surface area (Å²) in [5.74, 6) is -0.0753. The predicted molar refractivity (Wildman–Crippen MR) is 114 cm³/mol. The normalized spacial score (nSPS) is 15.1. The number of carbonyl (C=O) groups excluding carboxylic acids is 1. The van der Waals surface area contributed by atoms with Crippen molar-refractivity contribution >= 4 is 28.0 Å². The highest BCUT2D eigenvalue weighted by atomic mass is 16.3. The van der Waals surface area contributed by atoms with Gasteiger partial charge in [0.15, 0.2) is 0 Å². The zero-order chi connectivity index (χ0) is 20.5. The zero-order valence-corrected chi connectivity index (χ0v) is 16.5. The first-order valence-corrected chi connectivity index (χ1v) is 10.1. The Morgan fingerprint density at radius 1 is 0.967 bits per heavy atom. The number of hydrogen-bond acceptors (Lipinski definition) is 5. The summed E-state index contributed by atoms with van der Waals surface area (Å²) in [6, 6.07) is 17.7. The third-order valence-electron chi connectivity index (χ3n) is 5.63. The Labute approximate surface area is 173 Å². The highest BCUT2D eigenvalue weighted by Gasteiger charge is 2.22. The molecule has 0 atom stereocenters. The molecule has 2 aromatic heterocycles. The number of piperazine rings is 1. The SMILES string of the molecule is O=C(Cn1cnc2c(oc3ccccc32)c1=O)N1CCN(Cc2ccccc2)CC1. The van der Waals surface area contributed by atoms with E-state index in [-0.39, 0.29) is 23.6 Å². The van der Waals surface area contributed by atoms with E-state index in [1.165, 1.54) is 16.5 Å². The van der Waals surface area contributed by atoms with E-state index >= 15 is 0 Å². The molecule has 1 amide bonds. The fourth-order valence-corrected chi connectivity index (χ4v) is 3.97. The molecular weight excluding hydrogens is 380 g/mol. The van der Waals surface area contributed by atoms with Gasteiger partial charge in [-0.3, -0.25) is 19.1 Å². The molecule has 1 fully saturated rings. The lowest BCUT2D eigenvalue weighted by atomic mass is 10.2. The smallest absolute Gasteiger partial charge is 0.297 e. The summed E-state index contributed by atoms with van der Waals surface area (Å²) in [7, 11) is 0. The first-order chi connectivity index (χ1) is 14.7. The van der Waals surface area contributed by atoms with E-state index in [2.05, 4.69) is 22.0 Å². The van der Waals surface area contributed by atoms with Gasteiger partial charge < -0.3 is 9.32 Å². The average molecular weight is 402 g/mol. The Morgan fingerprint density at radius 2 is 1.70 bits per heavy atom. The molecule has 1 aliphatic rings. The highest BCUT2D eigenvalue weighted by molar-refractivity contribution is 6.01. The Kier molecular flexibility index (Phi) is 4.80. The minimum absolute atomic E-state index is 0.0303. The van der Waals surface area contributed by atoms with Crippen molar-refractivity contribution < 1.29 is 9.21 Å². The molecule has 4 aromatic rings. The first-order valence-electron chi connectivity index (χ1n) is 10.1. The summed E-state index contributed by atoms with van der Waals surface area (Å²) in [6.07, 6.45) is 1.44. The molecule has 152 valence electrons. The molecule has 5 rings (SSSR count). The predicted octanol–water partition coefficient (Wildman–Crippen LogP) is 2.49. The van der Waals surface area contributed by atoms with Crippen LogP contribution in [0.1, 0.15) is 5.56 Å². The lowest BCUT2D eigenvalue weighted by molar-refractivity contribution is -0.133. The lowest BCUT2D eigenvalue weighted by Crippen LogP contribution is -2.49. The lowest BCUT2D eigenvalue weighted by Gasteiger charge is -2.34. The van der Waals surface area contributed by atoms with Crippen LogP contribution in [0.5, 0.6) is 0 Å². The van der Waals surface area contributed by atoms with Gasteiger partial charge in [-0.25, -0.2) is 4.98 Å².